The number of piperazine rings is 1. The summed E-state index contributed by atoms with van der Waals surface area (Å²) < 4.78 is 5.39. The van der Waals surface area contributed by atoms with Crippen molar-refractivity contribution < 1.29 is 9.53 Å². The monoisotopic (exact) mass is 301 g/mol. The van der Waals surface area contributed by atoms with Crippen LogP contribution in [0.15, 0.2) is 18.2 Å². The molecule has 0 bridgehead atoms. The number of ketones is 1. The smallest absolute Gasteiger partial charge is 0.159 e. The lowest BCUT2D eigenvalue weighted by Crippen LogP contribution is -2.47. The van der Waals surface area contributed by atoms with Crippen LogP contribution < -0.4 is 4.90 Å². The number of carbonyl (C=O) groups excluding carboxylic acids is 1. The first kappa shape index (κ1) is 16.5. The molecule has 0 aromatic heterocycles. The van der Waals surface area contributed by atoms with E-state index in [2.05, 4.69) is 15.9 Å². The quantitative estimate of drug-likeness (QED) is 0.593. The van der Waals surface area contributed by atoms with Crippen LogP contribution in [-0.4, -0.2) is 56.6 Å². The molecule has 0 spiro atoms. The van der Waals surface area contributed by atoms with Crippen LogP contribution in [0.4, 0.5) is 5.69 Å². The highest BCUT2D eigenvalue weighted by atomic mass is 16.5. The van der Waals surface area contributed by atoms with Crippen molar-refractivity contribution in [3.8, 4) is 6.07 Å². The van der Waals surface area contributed by atoms with Gasteiger partial charge >= 0.3 is 0 Å². The first-order valence-electron chi connectivity index (χ1n) is 7.75. The van der Waals surface area contributed by atoms with E-state index in [0.29, 0.717) is 11.1 Å². The third-order valence-corrected chi connectivity index (χ3v) is 3.99. The Labute approximate surface area is 132 Å². The average molecular weight is 301 g/mol. The highest BCUT2D eigenvalue weighted by molar-refractivity contribution is 5.95. The van der Waals surface area contributed by atoms with Crippen LogP contribution in [0.25, 0.3) is 0 Å². The molecule has 0 N–H and O–H groups in total. The molecule has 1 fully saturated rings. The Bertz CT molecular complexity index is 558. The maximum Gasteiger partial charge on any atom is 0.159 e. The van der Waals surface area contributed by atoms with Crippen LogP contribution in [0, 0.1) is 11.3 Å². The first-order valence-corrected chi connectivity index (χ1v) is 7.75. The van der Waals surface area contributed by atoms with Gasteiger partial charge in [0, 0.05) is 44.9 Å². The van der Waals surface area contributed by atoms with E-state index in [1.54, 1.807) is 19.1 Å². The number of carbonyl (C=O) groups is 1. The minimum absolute atomic E-state index is 0.0288. The van der Waals surface area contributed by atoms with Gasteiger partial charge in [0.05, 0.1) is 17.9 Å². The molecule has 1 aromatic carbocycles. The van der Waals surface area contributed by atoms with Crippen molar-refractivity contribution >= 4 is 11.5 Å². The van der Waals surface area contributed by atoms with Crippen molar-refractivity contribution in [2.45, 2.75) is 13.8 Å². The van der Waals surface area contributed by atoms with Gasteiger partial charge in [0.15, 0.2) is 5.78 Å². The Kier molecular flexibility index (Phi) is 5.93. The zero-order chi connectivity index (χ0) is 15.9. The zero-order valence-electron chi connectivity index (χ0n) is 13.3. The van der Waals surface area contributed by atoms with Gasteiger partial charge in [0.1, 0.15) is 6.07 Å². The number of Topliss-reactive ketones (excluding diaryl/α,β-unsaturated/α-hetero) is 1. The summed E-state index contributed by atoms with van der Waals surface area (Å²) in [6.45, 7) is 9.64. The van der Waals surface area contributed by atoms with Crippen LogP contribution in [0.3, 0.4) is 0 Å². The van der Waals surface area contributed by atoms with Gasteiger partial charge in [0.2, 0.25) is 0 Å². The Morgan fingerprint density at radius 3 is 2.64 bits per heavy atom. The van der Waals surface area contributed by atoms with Crippen LogP contribution in [-0.2, 0) is 4.74 Å². The summed E-state index contributed by atoms with van der Waals surface area (Å²) in [6.07, 6.45) is 0. The third-order valence-electron chi connectivity index (χ3n) is 3.99. The van der Waals surface area contributed by atoms with E-state index >= 15 is 0 Å². The molecule has 1 aliphatic rings. The van der Waals surface area contributed by atoms with E-state index in [1.807, 2.05) is 13.0 Å². The molecule has 0 atom stereocenters. The van der Waals surface area contributed by atoms with Gasteiger partial charge in [-0.2, -0.15) is 5.26 Å². The van der Waals surface area contributed by atoms with E-state index in [9.17, 15) is 10.1 Å². The van der Waals surface area contributed by atoms with Gasteiger partial charge in [-0.3, -0.25) is 9.69 Å². The predicted molar refractivity (Wildman–Crippen MR) is 86.3 cm³/mol. The lowest BCUT2D eigenvalue weighted by atomic mass is 10.1. The second-order valence-corrected chi connectivity index (χ2v) is 5.43. The minimum Gasteiger partial charge on any atom is -0.380 e. The number of anilines is 1. The highest BCUT2D eigenvalue weighted by Crippen LogP contribution is 2.23. The highest BCUT2D eigenvalue weighted by Gasteiger charge is 2.19. The van der Waals surface area contributed by atoms with Gasteiger partial charge < -0.3 is 9.64 Å². The first-order chi connectivity index (χ1) is 10.7. The summed E-state index contributed by atoms with van der Waals surface area (Å²) in [5, 5.41) is 9.29. The number of nitriles is 1. The number of benzene rings is 1. The summed E-state index contributed by atoms with van der Waals surface area (Å²) >= 11 is 0. The molecule has 22 heavy (non-hydrogen) atoms. The van der Waals surface area contributed by atoms with E-state index in [-0.39, 0.29) is 5.78 Å². The predicted octanol–water partition coefficient (Wildman–Crippen LogP) is 1.92. The standard InChI is InChI=1S/C17H23N3O2/c1-3-22-11-10-19-6-8-20(9-7-19)17-12-15(14(2)21)4-5-16(17)13-18/h4-5,12H,3,6-11H2,1-2H3. The van der Waals surface area contributed by atoms with E-state index < -0.39 is 0 Å². The Balaban J connectivity index is 2.03. The molecule has 0 amide bonds. The molecule has 1 saturated heterocycles. The summed E-state index contributed by atoms with van der Waals surface area (Å²) in [7, 11) is 0. The molecule has 5 heteroatoms. The Morgan fingerprint density at radius 1 is 1.32 bits per heavy atom. The van der Waals surface area contributed by atoms with Crippen molar-refractivity contribution in [1.82, 2.24) is 4.90 Å². The second kappa shape index (κ2) is 7.92. The van der Waals surface area contributed by atoms with E-state index in [4.69, 9.17) is 4.74 Å². The largest absolute Gasteiger partial charge is 0.380 e. The lowest BCUT2D eigenvalue weighted by molar-refractivity contribution is 0.101. The van der Waals surface area contributed by atoms with Crippen molar-refractivity contribution in [2.24, 2.45) is 0 Å². The van der Waals surface area contributed by atoms with E-state index in [1.165, 1.54) is 0 Å². The number of rotatable bonds is 6. The molecule has 2 rings (SSSR count). The summed E-state index contributed by atoms with van der Waals surface area (Å²) in [6, 6.07) is 7.54. The average Bonchev–Trinajstić information content (AvgIpc) is 2.55. The molecule has 0 radical (unpaired) electrons. The van der Waals surface area contributed by atoms with Gasteiger partial charge in [-0.05, 0) is 32.0 Å². The number of ether oxygens (including phenoxy) is 1. The van der Waals surface area contributed by atoms with Crippen LogP contribution in [0.5, 0.6) is 0 Å². The summed E-state index contributed by atoms with van der Waals surface area (Å²) in [4.78, 5) is 16.1. The number of hydrogen-bond donors (Lipinski definition) is 0. The molecule has 0 saturated carbocycles. The van der Waals surface area contributed by atoms with Gasteiger partial charge in [-0.15, -0.1) is 0 Å². The molecule has 1 heterocycles. The second-order valence-electron chi connectivity index (χ2n) is 5.43. The number of hydrogen-bond acceptors (Lipinski definition) is 5. The van der Waals surface area contributed by atoms with Crippen LogP contribution >= 0.6 is 0 Å². The molecule has 5 nitrogen and oxygen atoms in total. The van der Waals surface area contributed by atoms with E-state index in [0.717, 1.165) is 51.6 Å². The van der Waals surface area contributed by atoms with Gasteiger partial charge in [0.25, 0.3) is 0 Å². The van der Waals surface area contributed by atoms with Gasteiger partial charge in [-0.1, -0.05) is 0 Å². The molecule has 0 unspecified atom stereocenters. The number of nitrogens with zero attached hydrogens (tertiary/aromatic N) is 3. The Morgan fingerprint density at radius 2 is 2.05 bits per heavy atom. The fourth-order valence-corrected chi connectivity index (χ4v) is 2.66. The van der Waals surface area contributed by atoms with Gasteiger partial charge in [-0.25, -0.2) is 0 Å². The summed E-state index contributed by atoms with van der Waals surface area (Å²) in [5.41, 5.74) is 2.17. The van der Waals surface area contributed by atoms with Crippen molar-refractivity contribution in [3.05, 3.63) is 29.3 Å². The van der Waals surface area contributed by atoms with Crippen LogP contribution in [0.1, 0.15) is 29.8 Å². The molecule has 118 valence electrons. The molecule has 1 aliphatic heterocycles. The zero-order valence-corrected chi connectivity index (χ0v) is 13.3. The molecular weight excluding hydrogens is 278 g/mol. The third kappa shape index (κ3) is 4.06. The summed E-state index contributed by atoms with van der Waals surface area (Å²) in [5.74, 6) is 0.0288. The minimum atomic E-state index is 0.0288. The topological polar surface area (TPSA) is 56.6 Å². The van der Waals surface area contributed by atoms with Crippen molar-refractivity contribution in [3.63, 3.8) is 0 Å². The lowest BCUT2D eigenvalue weighted by Gasteiger charge is -2.36. The fraction of sp³-hybridized carbons (Fsp3) is 0.529. The fourth-order valence-electron chi connectivity index (χ4n) is 2.66. The van der Waals surface area contributed by atoms with Crippen molar-refractivity contribution in [1.29, 1.82) is 5.26 Å². The molecule has 0 aliphatic carbocycles. The Hall–Kier alpha value is -1.90. The normalized spacial score (nSPS) is 15.6. The maximum atomic E-state index is 11.6. The van der Waals surface area contributed by atoms with Crippen molar-refractivity contribution in [2.75, 3.05) is 50.8 Å². The maximum absolute atomic E-state index is 11.6. The molecule has 1 aromatic rings. The van der Waals surface area contributed by atoms with Crippen LogP contribution in [0.2, 0.25) is 0 Å². The molecular formula is C17H23N3O2. The SMILES string of the molecule is CCOCCN1CCN(c2cc(C(C)=O)ccc2C#N)CC1.